The van der Waals surface area contributed by atoms with Crippen LogP contribution < -0.4 is 0 Å². The Balaban J connectivity index is 1.76. The molecule has 4 aliphatic carbocycles. The van der Waals surface area contributed by atoms with Crippen LogP contribution in [0.4, 0.5) is 0 Å². The monoisotopic (exact) mass is 233 g/mol. The summed E-state index contributed by atoms with van der Waals surface area (Å²) in [6.45, 7) is 2.15. The van der Waals surface area contributed by atoms with E-state index < -0.39 is 0 Å². The number of aromatic nitrogens is 1. The zero-order valence-corrected chi connectivity index (χ0v) is 10.7. The first-order valence-electron chi connectivity index (χ1n) is 6.66. The van der Waals surface area contributed by atoms with Crippen molar-refractivity contribution in [2.45, 2.75) is 50.9 Å². The van der Waals surface area contributed by atoms with Gasteiger partial charge in [-0.3, -0.25) is 0 Å². The van der Waals surface area contributed by atoms with Gasteiger partial charge in [0, 0.05) is 10.8 Å². The number of aryl methyl sites for hydroxylation is 1. The summed E-state index contributed by atoms with van der Waals surface area (Å²) in [6, 6.07) is 0. The average Bonchev–Trinajstić information content (AvgIpc) is 2.63. The highest BCUT2D eigenvalue weighted by atomic mass is 32.1. The Morgan fingerprint density at radius 3 is 2.12 bits per heavy atom. The van der Waals surface area contributed by atoms with E-state index in [4.69, 9.17) is 4.98 Å². The molecule has 0 aromatic carbocycles. The highest BCUT2D eigenvalue weighted by Gasteiger charge is 2.52. The molecule has 4 aliphatic rings. The van der Waals surface area contributed by atoms with Crippen molar-refractivity contribution in [3.8, 4) is 0 Å². The highest BCUT2D eigenvalue weighted by molar-refractivity contribution is 7.09. The molecule has 1 aromatic rings. The summed E-state index contributed by atoms with van der Waals surface area (Å²) in [6.07, 6.45) is 8.93. The zero-order chi connectivity index (χ0) is 10.8. The van der Waals surface area contributed by atoms with Crippen LogP contribution in [0, 0.1) is 24.7 Å². The lowest BCUT2D eigenvalue weighted by Crippen LogP contribution is -2.48. The van der Waals surface area contributed by atoms with Crippen LogP contribution in [0.15, 0.2) is 5.38 Å². The third kappa shape index (κ3) is 1.25. The average molecular weight is 233 g/mol. The first-order valence-corrected chi connectivity index (χ1v) is 7.54. The van der Waals surface area contributed by atoms with Crippen molar-refractivity contribution in [3.05, 3.63) is 16.1 Å². The Bertz CT molecular complexity index is 385. The van der Waals surface area contributed by atoms with Gasteiger partial charge >= 0.3 is 0 Å². The van der Waals surface area contributed by atoms with E-state index in [0.717, 1.165) is 17.8 Å². The fourth-order valence-electron chi connectivity index (χ4n) is 5.03. The number of nitrogens with zero attached hydrogens (tertiary/aromatic N) is 1. The van der Waals surface area contributed by atoms with Crippen molar-refractivity contribution in [1.29, 1.82) is 0 Å². The van der Waals surface area contributed by atoms with E-state index in [1.54, 1.807) is 0 Å². The molecule has 1 nitrogen and oxygen atoms in total. The van der Waals surface area contributed by atoms with Gasteiger partial charge in [-0.25, -0.2) is 4.98 Å². The minimum absolute atomic E-state index is 0.513. The third-order valence-corrected chi connectivity index (χ3v) is 5.97. The topological polar surface area (TPSA) is 12.9 Å². The second kappa shape index (κ2) is 3.10. The Morgan fingerprint density at radius 2 is 1.69 bits per heavy atom. The summed E-state index contributed by atoms with van der Waals surface area (Å²) in [5, 5.41) is 3.60. The predicted octanol–water partition coefficient (Wildman–Crippen LogP) is 3.92. The van der Waals surface area contributed by atoms with Gasteiger partial charge in [-0.1, -0.05) is 0 Å². The van der Waals surface area contributed by atoms with Gasteiger partial charge < -0.3 is 0 Å². The summed E-state index contributed by atoms with van der Waals surface area (Å²) in [7, 11) is 0. The van der Waals surface area contributed by atoms with Gasteiger partial charge in [-0.15, -0.1) is 11.3 Å². The largest absolute Gasteiger partial charge is 0.246 e. The van der Waals surface area contributed by atoms with Crippen LogP contribution >= 0.6 is 11.3 Å². The Hall–Kier alpha value is -0.370. The van der Waals surface area contributed by atoms with Crippen molar-refractivity contribution in [2.75, 3.05) is 0 Å². The number of hydrogen-bond donors (Lipinski definition) is 0. The van der Waals surface area contributed by atoms with E-state index in [9.17, 15) is 0 Å². The van der Waals surface area contributed by atoms with Crippen LogP contribution in [0.3, 0.4) is 0 Å². The van der Waals surface area contributed by atoms with Crippen LogP contribution in [-0.4, -0.2) is 4.98 Å². The van der Waals surface area contributed by atoms with E-state index in [1.807, 2.05) is 11.3 Å². The molecule has 2 heteroatoms. The lowest BCUT2D eigenvalue weighted by atomic mass is 9.49. The molecule has 0 spiro atoms. The summed E-state index contributed by atoms with van der Waals surface area (Å²) >= 11 is 1.84. The molecule has 1 heterocycles. The molecule has 0 radical (unpaired) electrons. The SMILES string of the molecule is Cc1nc(C23CC4CC(CC(C4)C2)C3)cs1. The lowest BCUT2D eigenvalue weighted by molar-refractivity contribution is -0.00696. The Labute approximate surface area is 101 Å². The molecular formula is C14H19NS. The van der Waals surface area contributed by atoms with Crippen LogP contribution in [-0.2, 0) is 5.41 Å². The quantitative estimate of drug-likeness (QED) is 0.716. The second-order valence-electron chi connectivity index (χ2n) is 6.45. The van der Waals surface area contributed by atoms with Gasteiger partial charge in [0.2, 0.25) is 0 Å². The molecule has 0 saturated heterocycles. The van der Waals surface area contributed by atoms with Crippen LogP contribution in [0.2, 0.25) is 0 Å². The van der Waals surface area contributed by atoms with Gasteiger partial charge in [-0.05, 0) is 63.2 Å². The standard InChI is InChI=1S/C14H19NS/c1-9-15-13(8-16-9)14-5-10-2-11(6-14)4-12(3-10)7-14/h8,10-12H,2-7H2,1H3. The fourth-order valence-corrected chi connectivity index (χ4v) is 5.77. The molecule has 16 heavy (non-hydrogen) atoms. The van der Waals surface area contributed by atoms with Gasteiger partial charge in [-0.2, -0.15) is 0 Å². The molecule has 1 aromatic heterocycles. The Kier molecular flexibility index (Phi) is 1.86. The molecular weight excluding hydrogens is 214 g/mol. The maximum atomic E-state index is 4.82. The van der Waals surface area contributed by atoms with Crippen molar-refractivity contribution in [3.63, 3.8) is 0 Å². The first-order chi connectivity index (χ1) is 7.73. The fraction of sp³-hybridized carbons (Fsp3) is 0.786. The molecule has 4 saturated carbocycles. The maximum Gasteiger partial charge on any atom is 0.0897 e. The molecule has 4 fully saturated rings. The molecule has 0 aliphatic heterocycles. The molecule has 5 rings (SSSR count). The van der Waals surface area contributed by atoms with Crippen LogP contribution in [0.1, 0.15) is 49.2 Å². The first kappa shape index (κ1) is 9.64. The zero-order valence-electron chi connectivity index (χ0n) is 9.91. The highest BCUT2D eigenvalue weighted by Crippen LogP contribution is 2.60. The summed E-state index contributed by atoms with van der Waals surface area (Å²) in [4.78, 5) is 4.82. The third-order valence-electron chi connectivity index (χ3n) is 5.20. The molecule has 86 valence electrons. The minimum Gasteiger partial charge on any atom is -0.246 e. The number of hydrogen-bond acceptors (Lipinski definition) is 2. The van der Waals surface area contributed by atoms with Crippen molar-refractivity contribution < 1.29 is 0 Å². The Morgan fingerprint density at radius 1 is 1.12 bits per heavy atom. The van der Waals surface area contributed by atoms with Gasteiger partial charge in [0.15, 0.2) is 0 Å². The minimum atomic E-state index is 0.513. The smallest absolute Gasteiger partial charge is 0.0897 e. The molecule has 0 atom stereocenters. The van der Waals surface area contributed by atoms with Crippen LogP contribution in [0.5, 0.6) is 0 Å². The number of thiazole rings is 1. The van der Waals surface area contributed by atoms with E-state index in [1.165, 1.54) is 49.2 Å². The summed E-state index contributed by atoms with van der Waals surface area (Å²) in [5.41, 5.74) is 1.97. The summed E-state index contributed by atoms with van der Waals surface area (Å²) < 4.78 is 0. The molecule has 4 bridgehead atoms. The maximum absolute atomic E-state index is 4.82. The number of rotatable bonds is 1. The van der Waals surface area contributed by atoms with Crippen molar-refractivity contribution >= 4 is 11.3 Å². The molecule has 0 N–H and O–H groups in total. The van der Waals surface area contributed by atoms with E-state index >= 15 is 0 Å². The van der Waals surface area contributed by atoms with E-state index in [0.29, 0.717) is 5.41 Å². The summed E-state index contributed by atoms with van der Waals surface area (Å²) in [5.74, 6) is 3.11. The van der Waals surface area contributed by atoms with Gasteiger partial charge in [0.05, 0.1) is 10.7 Å². The van der Waals surface area contributed by atoms with Gasteiger partial charge in [0.25, 0.3) is 0 Å². The predicted molar refractivity (Wildman–Crippen MR) is 66.7 cm³/mol. The van der Waals surface area contributed by atoms with Gasteiger partial charge in [0.1, 0.15) is 0 Å². The van der Waals surface area contributed by atoms with E-state index in [-0.39, 0.29) is 0 Å². The van der Waals surface area contributed by atoms with Crippen LogP contribution in [0.25, 0.3) is 0 Å². The lowest BCUT2D eigenvalue weighted by Gasteiger charge is -2.56. The van der Waals surface area contributed by atoms with Crippen molar-refractivity contribution in [2.24, 2.45) is 17.8 Å². The normalized spacial score (nSPS) is 45.2. The second-order valence-corrected chi connectivity index (χ2v) is 7.51. The van der Waals surface area contributed by atoms with Crippen molar-refractivity contribution in [1.82, 2.24) is 4.98 Å². The van der Waals surface area contributed by atoms with E-state index in [2.05, 4.69) is 12.3 Å². The molecule has 0 unspecified atom stereocenters. The molecule has 0 amide bonds.